The molecule has 0 aliphatic carbocycles. The van der Waals surface area contributed by atoms with Gasteiger partial charge in [-0.2, -0.15) is 5.26 Å². The third kappa shape index (κ3) is 3.19. The van der Waals surface area contributed by atoms with E-state index in [0.29, 0.717) is 0 Å². The molecule has 0 aliphatic rings. The lowest BCUT2D eigenvalue weighted by Gasteiger charge is -2.06. The molecule has 0 unspecified atom stereocenters. The summed E-state index contributed by atoms with van der Waals surface area (Å²) < 4.78 is 13.6. The molecule has 0 aromatic heterocycles. The Morgan fingerprint density at radius 1 is 1.29 bits per heavy atom. The summed E-state index contributed by atoms with van der Waals surface area (Å²) in [5.74, 6) is -1.44. The zero-order chi connectivity index (χ0) is 15.4. The highest BCUT2D eigenvalue weighted by atomic mass is 19.1. The SMILES string of the molecule is N#Cc1ccc(NC(=O)c2cccc([N+](=O)[O-])c2)c(F)c1. The first-order chi connectivity index (χ1) is 10.0. The number of nitrogens with zero attached hydrogens (tertiary/aromatic N) is 2. The van der Waals surface area contributed by atoms with Gasteiger partial charge in [0.1, 0.15) is 5.82 Å². The Bertz CT molecular complexity index is 768. The predicted octanol–water partition coefficient (Wildman–Crippen LogP) is 2.86. The fourth-order valence-corrected chi connectivity index (χ4v) is 1.64. The zero-order valence-corrected chi connectivity index (χ0v) is 10.5. The first kappa shape index (κ1) is 14.1. The summed E-state index contributed by atoms with van der Waals surface area (Å²) in [6, 6.07) is 10.5. The molecule has 21 heavy (non-hydrogen) atoms. The fraction of sp³-hybridized carbons (Fsp3) is 0. The lowest BCUT2D eigenvalue weighted by atomic mass is 10.1. The molecule has 0 fully saturated rings. The quantitative estimate of drug-likeness (QED) is 0.692. The Kier molecular flexibility index (Phi) is 3.90. The monoisotopic (exact) mass is 285 g/mol. The number of nitro groups is 1. The van der Waals surface area contributed by atoms with Crippen LogP contribution in [0.4, 0.5) is 15.8 Å². The lowest BCUT2D eigenvalue weighted by Crippen LogP contribution is -2.13. The van der Waals surface area contributed by atoms with Crippen LogP contribution < -0.4 is 5.32 Å². The van der Waals surface area contributed by atoms with Gasteiger partial charge >= 0.3 is 0 Å². The van der Waals surface area contributed by atoms with E-state index in [1.165, 1.54) is 30.3 Å². The highest BCUT2D eigenvalue weighted by molar-refractivity contribution is 6.04. The molecule has 0 aliphatic heterocycles. The van der Waals surface area contributed by atoms with Crippen molar-refractivity contribution in [3.63, 3.8) is 0 Å². The number of anilines is 1. The molecule has 1 N–H and O–H groups in total. The number of rotatable bonds is 3. The first-order valence-corrected chi connectivity index (χ1v) is 5.76. The minimum atomic E-state index is -0.757. The molecule has 0 spiro atoms. The van der Waals surface area contributed by atoms with Gasteiger partial charge in [0.15, 0.2) is 0 Å². The number of benzene rings is 2. The van der Waals surface area contributed by atoms with Crippen molar-refractivity contribution >= 4 is 17.3 Å². The Morgan fingerprint density at radius 2 is 2.05 bits per heavy atom. The molecule has 104 valence electrons. The molecule has 0 bridgehead atoms. The number of amides is 1. The van der Waals surface area contributed by atoms with Gasteiger partial charge in [0, 0.05) is 17.7 Å². The number of nitrogens with one attached hydrogen (secondary N) is 1. The number of carbonyl (C=O) groups excluding carboxylic acids is 1. The molecular weight excluding hydrogens is 277 g/mol. The van der Waals surface area contributed by atoms with Gasteiger partial charge in [-0.3, -0.25) is 14.9 Å². The van der Waals surface area contributed by atoms with Crippen molar-refractivity contribution in [3.05, 3.63) is 69.5 Å². The van der Waals surface area contributed by atoms with Crippen LogP contribution in [0.3, 0.4) is 0 Å². The van der Waals surface area contributed by atoms with Gasteiger partial charge in [0.05, 0.1) is 22.2 Å². The smallest absolute Gasteiger partial charge is 0.270 e. The largest absolute Gasteiger partial charge is 0.319 e. The van der Waals surface area contributed by atoms with Crippen LogP contribution in [0, 0.1) is 27.3 Å². The molecule has 0 radical (unpaired) electrons. The summed E-state index contributed by atoms with van der Waals surface area (Å²) in [5, 5.41) is 21.6. The second-order valence-electron chi connectivity index (χ2n) is 4.07. The lowest BCUT2D eigenvalue weighted by molar-refractivity contribution is -0.384. The van der Waals surface area contributed by atoms with Gasteiger partial charge < -0.3 is 5.32 Å². The minimum absolute atomic E-state index is 0.0351. The molecule has 7 heteroatoms. The van der Waals surface area contributed by atoms with Crippen LogP contribution in [0.15, 0.2) is 42.5 Å². The standard InChI is InChI=1S/C14H8FN3O3/c15-12-6-9(8-16)4-5-13(12)17-14(19)10-2-1-3-11(7-10)18(20)21/h1-7H,(H,17,19). The number of nitriles is 1. The van der Waals surface area contributed by atoms with Crippen molar-refractivity contribution in [2.75, 3.05) is 5.32 Å². The van der Waals surface area contributed by atoms with Crippen LogP contribution in [-0.4, -0.2) is 10.8 Å². The van der Waals surface area contributed by atoms with E-state index in [1.807, 2.05) is 0 Å². The number of hydrogen-bond acceptors (Lipinski definition) is 4. The van der Waals surface area contributed by atoms with Gasteiger partial charge in [-0.15, -0.1) is 0 Å². The molecular formula is C14H8FN3O3. The molecule has 2 aromatic rings. The normalized spacial score (nSPS) is 9.71. The number of halogens is 1. The van der Waals surface area contributed by atoms with Crippen LogP contribution in [-0.2, 0) is 0 Å². The molecule has 6 nitrogen and oxygen atoms in total. The van der Waals surface area contributed by atoms with Crippen LogP contribution in [0.5, 0.6) is 0 Å². The third-order valence-electron chi connectivity index (χ3n) is 2.67. The van der Waals surface area contributed by atoms with E-state index in [2.05, 4.69) is 5.32 Å². The maximum Gasteiger partial charge on any atom is 0.270 e. The molecule has 2 rings (SSSR count). The average Bonchev–Trinajstić information content (AvgIpc) is 2.49. The summed E-state index contributed by atoms with van der Waals surface area (Å²) >= 11 is 0. The summed E-state index contributed by atoms with van der Waals surface area (Å²) in [5.41, 5.74) is -0.178. The van der Waals surface area contributed by atoms with Crippen molar-refractivity contribution in [1.29, 1.82) is 5.26 Å². The van der Waals surface area contributed by atoms with Crippen LogP contribution in [0.2, 0.25) is 0 Å². The van der Waals surface area contributed by atoms with E-state index < -0.39 is 16.6 Å². The topological polar surface area (TPSA) is 96.0 Å². The van der Waals surface area contributed by atoms with E-state index in [-0.39, 0.29) is 22.5 Å². The Hall–Kier alpha value is -3.27. The van der Waals surface area contributed by atoms with Gasteiger partial charge in [-0.25, -0.2) is 4.39 Å². The highest BCUT2D eigenvalue weighted by Crippen LogP contribution is 2.18. The van der Waals surface area contributed by atoms with E-state index in [4.69, 9.17) is 5.26 Å². The second-order valence-corrected chi connectivity index (χ2v) is 4.07. The average molecular weight is 285 g/mol. The number of carbonyl (C=O) groups is 1. The van der Waals surface area contributed by atoms with Gasteiger partial charge in [-0.05, 0) is 24.3 Å². The second kappa shape index (κ2) is 5.79. The third-order valence-corrected chi connectivity index (χ3v) is 2.67. The summed E-state index contributed by atoms with van der Waals surface area (Å²) in [6.07, 6.45) is 0. The van der Waals surface area contributed by atoms with Crippen molar-refractivity contribution in [2.24, 2.45) is 0 Å². The summed E-state index contributed by atoms with van der Waals surface area (Å²) in [6.45, 7) is 0. The van der Waals surface area contributed by atoms with Crippen LogP contribution in [0.25, 0.3) is 0 Å². The van der Waals surface area contributed by atoms with Gasteiger partial charge in [0.2, 0.25) is 0 Å². The minimum Gasteiger partial charge on any atom is -0.319 e. The van der Waals surface area contributed by atoms with Crippen molar-refractivity contribution in [1.82, 2.24) is 0 Å². The Labute approximate surface area is 118 Å². The van der Waals surface area contributed by atoms with Gasteiger partial charge in [-0.1, -0.05) is 6.07 Å². The highest BCUT2D eigenvalue weighted by Gasteiger charge is 2.13. The zero-order valence-electron chi connectivity index (χ0n) is 10.5. The maximum atomic E-state index is 13.6. The summed E-state index contributed by atoms with van der Waals surface area (Å²) in [4.78, 5) is 21.9. The Morgan fingerprint density at radius 3 is 2.67 bits per heavy atom. The van der Waals surface area contributed by atoms with E-state index in [1.54, 1.807) is 6.07 Å². The van der Waals surface area contributed by atoms with Crippen LogP contribution >= 0.6 is 0 Å². The Balaban J connectivity index is 2.24. The molecule has 2 aromatic carbocycles. The molecule has 0 saturated heterocycles. The maximum absolute atomic E-state index is 13.6. The molecule has 0 saturated carbocycles. The fourth-order valence-electron chi connectivity index (χ4n) is 1.64. The van der Waals surface area contributed by atoms with Crippen molar-refractivity contribution < 1.29 is 14.1 Å². The van der Waals surface area contributed by atoms with Crippen molar-refractivity contribution in [3.8, 4) is 6.07 Å². The first-order valence-electron chi connectivity index (χ1n) is 5.76. The van der Waals surface area contributed by atoms with E-state index >= 15 is 0 Å². The van der Waals surface area contributed by atoms with E-state index in [0.717, 1.165) is 12.1 Å². The number of nitro benzene ring substituents is 1. The van der Waals surface area contributed by atoms with E-state index in [9.17, 15) is 19.3 Å². The van der Waals surface area contributed by atoms with Crippen LogP contribution in [0.1, 0.15) is 15.9 Å². The predicted molar refractivity (Wildman–Crippen MR) is 72.2 cm³/mol. The number of non-ortho nitro benzene ring substituents is 1. The van der Waals surface area contributed by atoms with Gasteiger partial charge in [0.25, 0.3) is 11.6 Å². The molecule has 0 atom stereocenters. The summed E-state index contributed by atoms with van der Waals surface area (Å²) in [7, 11) is 0. The molecule has 0 heterocycles. The molecule has 1 amide bonds. The number of hydrogen-bond donors (Lipinski definition) is 1. The van der Waals surface area contributed by atoms with Crippen molar-refractivity contribution in [2.45, 2.75) is 0 Å².